The van der Waals surface area contributed by atoms with Gasteiger partial charge in [0.15, 0.2) is 0 Å². The normalized spacial score (nSPS) is 42.6. The van der Waals surface area contributed by atoms with Crippen LogP contribution in [0.3, 0.4) is 0 Å². The van der Waals surface area contributed by atoms with Crippen LogP contribution >= 0.6 is 0 Å². The molecule has 0 spiro atoms. The van der Waals surface area contributed by atoms with Crippen molar-refractivity contribution in [1.82, 2.24) is 0 Å². The molecule has 0 amide bonds. The van der Waals surface area contributed by atoms with Crippen LogP contribution in [0.4, 0.5) is 0 Å². The molecule has 2 rings (SSSR count). The highest BCUT2D eigenvalue weighted by molar-refractivity contribution is 5.75. The first-order chi connectivity index (χ1) is 4.80. The van der Waals surface area contributed by atoms with Crippen LogP contribution in [-0.4, -0.2) is 11.1 Å². The lowest BCUT2D eigenvalue weighted by atomic mass is 10.1. The van der Waals surface area contributed by atoms with Crippen molar-refractivity contribution in [1.29, 1.82) is 0 Å². The van der Waals surface area contributed by atoms with Gasteiger partial charge in [0.2, 0.25) is 0 Å². The van der Waals surface area contributed by atoms with Gasteiger partial charge >= 0.3 is 5.97 Å². The Morgan fingerprint density at radius 1 is 1.60 bits per heavy atom. The molecule has 0 unspecified atom stereocenters. The van der Waals surface area contributed by atoms with Crippen LogP contribution in [0.1, 0.15) is 12.8 Å². The van der Waals surface area contributed by atoms with Crippen LogP contribution in [0, 0.1) is 17.8 Å². The monoisotopic (exact) mass is 138 g/mol. The smallest absolute Gasteiger partial charge is 0.307 e. The SMILES string of the molecule is O=C(O)[C@H]1[C@@H]2C=CCC[C@@H]21. The van der Waals surface area contributed by atoms with E-state index in [4.69, 9.17) is 5.11 Å². The first-order valence-electron chi connectivity index (χ1n) is 3.70. The largest absolute Gasteiger partial charge is 0.481 e. The summed E-state index contributed by atoms with van der Waals surface area (Å²) in [4.78, 5) is 10.5. The molecular weight excluding hydrogens is 128 g/mol. The molecule has 2 nitrogen and oxygen atoms in total. The Hall–Kier alpha value is -0.790. The first-order valence-corrected chi connectivity index (χ1v) is 3.70. The second kappa shape index (κ2) is 1.84. The van der Waals surface area contributed by atoms with Gasteiger partial charge in [0, 0.05) is 0 Å². The summed E-state index contributed by atoms with van der Waals surface area (Å²) in [5.41, 5.74) is 0. The van der Waals surface area contributed by atoms with Crippen LogP contribution in [0.5, 0.6) is 0 Å². The van der Waals surface area contributed by atoms with E-state index in [2.05, 4.69) is 12.2 Å². The van der Waals surface area contributed by atoms with Crippen LogP contribution in [-0.2, 0) is 4.79 Å². The van der Waals surface area contributed by atoms with Crippen molar-refractivity contribution >= 4 is 5.97 Å². The molecule has 0 aromatic carbocycles. The number of carboxylic acids is 1. The third-order valence-corrected chi connectivity index (χ3v) is 2.54. The number of rotatable bonds is 1. The van der Waals surface area contributed by atoms with E-state index in [9.17, 15) is 4.79 Å². The van der Waals surface area contributed by atoms with Crippen LogP contribution in [0.2, 0.25) is 0 Å². The average molecular weight is 138 g/mol. The van der Waals surface area contributed by atoms with Gasteiger partial charge < -0.3 is 5.11 Å². The predicted octanol–water partition coefficient (Wildman–Crippen LogP) is 1.28. The van der Waals surface area contributed by atoms with E-state index in [0.717, 1.165) is 12.8 Å². The molecule has 1 saturated carbocycles. The van der Waals surface area contributed by atoms with Gasteiger partial charge in [0.25, 0.3) is 0 Å². The van der Waals surface area contributed by atoms with Crippen molar-refractivity contribution in [2.24, 2.45) is 17.8 Å². The summed E-state index contributed by atoms with van der Waals surface area (Å²) in [6.45, 7) is 0. The fourth-order valence-electron chi connectivity index (χ4n) is 1.92. The van der Waals surface area contributed by atoms with Gasteiger partial charge in [0.1, 0.15) is 0 Å². The van der Waals surface area contributed by atoms with Crippen molar-refractivity contribution in [2.45, 2.75) is 12.8 Å². The van der Waals surface area contributed by atoms with Crippen LogP contribution < -0.4 is 0 Å². The molecule has 1 N–H and O–H groups in total. The Bertz CT molecular complexity index is 195. The quantitative estimate of drug-likeness (QED) is 0.554. The number of aliphatic carboxylic acids is 1. The molecular formula is C8H10O2. The third-order valence-electron chi connectivity index (χ3n) is 2.54. The van der Waals surface area contributed by atoms with Gasteiger partial charge in [0.05, 0.1) is 5.92 Å². The molecule has 3 atom stereocenters. The van der Waals surface area contributed by atoms with Gasteiger partial charge in [-0.15, -0.1) is 0 Å². The minimum atomic E-state index is -0.610. The molecule has 54 valence electrons. The maximum absolute atomic E-state index is 10.5. The summed E-state index contributed by atoms with van der Waals surface area (Å²) in [6, 6.07) is 0. The lowest BCUT2D eigenvalue weighted by Gasteiger charge is -1.96. The molecule has 0 aliphatic heterocycles. The summed E-state index contributed by atoms with van der Waals surface area (Å²) in [5, 5.41) is 8.65. The second-order valence-corrected chi connectivity index (χ2v) is 3.11. The molecule has 2 aliphatic carbocycles. The van der Waals surface area contributed by atoms with E-state index in [0.29, 0.717) is 11.8 Å². The molecule has 2 aliphatic rings. The standard InChI is InChI=1S/C8H10O2/c9-8(10)7-5-3-1-2-4-6(5)7/h1,3,5-7H,2,4H2,(H,9,10)/t5-,6+,7+/m1/s1. The van der Waals surface area contributed by atoms with E-state index < -0.39 is 5.97 Å². The minimum absolute atomic E-state index is 0.0428. The number of fused-ring (bicyclic) bond motifs is 1. The van der Waals surface area contributed by atoms with Gasteiger partial charge in [-0.2, -0.15) is 0 Å². The molecule has 0 bridgehead atoms. The maximum atomic E-state index is 10.5. The highest BCUT2D eigenvalue weighted by atomic mass is 16.4. The first kappa shape index (κ1) is 5.96. The maximum Gasteiger partial charge on any atom is 0.307 e. The Morgan fingerprint density at radius 2 is 2.40 bits per heavy atom. The fourth-order valence-corrected chi connectivity index (χ4v) is 1.92. The Balaban J connectivity index is 2.08. The predicted molar refractivity (Wildman–Crippen MR) is 36.5 cm³/mol. The molecule has 0 saturated heterocycles. The molecule has 1 fully saturated rings. The van der Waals surface area contributed by atoms with Gasteiger partial charge in [-0.05, 0) is 24.7 Å². The van der Waals surface area contributed by atoms with E-state index >= 15 is 0 Å². The van der Waals surface area contributed by atoms with Crippen molar-refractivity contribution in [2.75, 3.05) is 0 Å². The zero-order valence-electron chi connectivity index (χ0n) is 5.66. The zero-order chi connectivity index (χ0) is 7.14. The summed E-state index contributed by atoms with van der Waals surface area (Å²) in [5.74, 6) is 0.203. The van der Waals surface area contributed by atoms with E-state index in [1.165, 1.54) is 0 Å². The lowest BCUT2D eigenvalue weighted by Crippen LogP contribution is -1.99. The van der Waals surface area contributed by atoms with Crippen molar-refractivity contribution < 1.29 is 9.90 Å². The van der Waals surface area contributed by atoms with Crippen LogP contribution in [0.15, 0.2) is 12.2 Å². The Labute approximate surface area is 59.5 Å². The Kier molecular flexibility index (Phi) is 1.10. The summed E-state index contributed by atoms with van der Waals surface area (Å²) >= 11 is 0. The average Bonchev–Trinajstić information content (AvgIpc) is 2.60. The molecule has 0 heterocycles. The van der Waals surface area contributed by atoms with Crippen molar-refractivity contribution in [3.63, 3.8) is 0 Å². The highest BCUT2D eigenvalue weighted by Crippen LogP contribution is 2.52. The fraction of sp³-hybridized carbons (Fsp3) is 0.625. The molecule has 2 heteroatoms. The van der Waals surface area contributed by atoms with Crippen molar-refractivity contribution in [3.8, 4) is 0 Å². The van der Waals surface area contributed by atoms with Gasteiger partial charge in [-0.25, -0.2) is 0 Å². The topological polar surface area (TPSA) is 37.3 Å². The number of hydrogen-bond acceptors (Lipinski definition) is 1. The van der Waals surface area contributed by atoms with Crippen LogP contribution in [0.25, 0.3) is 0 Å². The summed E-state index contributed by atoms with van der Waals surface area (Å²) < 4.78 is 0. The lowest BCUT2D eigenvalue weighted by molar-refractivity contribution is -0.139. The number of allylic oxidation sites excluding steroid dienone is 2. The van der Waals surface area contributed by atoms with Gasteiger partial charge in [-0.3, -0.25) is 4.79 Å². The molecule has 0 aromatic heterocycles. The summed E-state index contributed by atoms with van der Waals surface area (Å²) in [6.07, 6.45) is 6.32. The van der Waals surface area contributed by atoms with E-state index in [-0.39, 0.29) is 5.92 Å². The van der Waals surface area contributed by atoms with Gasteiger partial charge in [-0.1, -0.05) is 12.2 Å². The number of hydrogen-bond donors (Lipinski definition) is 1. The number of carbonyl (C=O) groups is 1. The van der Waals surface area contributed by atoms with E-state index in [1.54, 1.807) is 0 Å². The molecule has 0 aromatic rings. The molecule has 10 heavy (non-hydrogen) atoms. The minimum Gasteiger partial charge on any atom is -0.481 e. The highest BCUT2D eigenvalue weighted by Gasteiger charge is 2.53. The van der Waals surface area contributed by atoms with E-state index in [1.807, 2.05) is 0 Å². The van der Waals surface area contributed by atoms with Crippen molar-refractivity contribution in [3.05, 3.63) is 12.2 Å². The second-order valence-electron chi connectivity index (χ2n) is 3.11. The third kappa shape index (κ3) is 0.681. The zero-order valence-corrected chi connectivity index (χ0v) is 5.66. The Morgan fingerprint density at radius 3 is 2.90 bits per heavy atom. The number of carboxylic acid groups (broad SMARTS) is 1. The molecule has 0 radical (unpaired) electrons. The summed E-state index contributed by atoms with van der Waals surface area (Å²) in [7, 11) is 0.